The van der Waals surface area contributed by atoms with Crippen molar-refractivity contribution in [2.75, 3.05) is 0 Å². The van der Waals surface area contributed by atoms with Gasteiger partial charge in [-0.1, -0.05) is 4.98 Å². The Bertz CT molecular complexity index is 495. The molecule has 0 saturated heterocycles. The number of hydrogen-bond acceptors (Lipinski definition) is 6. The quantitative estimate of drug-likeness (QED) is 0.456. The molecular weight excluding hydrogens is 315 g/mol. The molecule has 2 rings (SSSR count). The summed E-state index contributed by atoms with van der Waals surface area (Å²) in [5.41, 5.74) is 0. The molecule has 0 radical (unpaired) electrons. The molecule has 0 saturated carbocycles. The van der Waals surface area contributed by atoms with Crippen molar-refractivity contribution in [2.45, 2.75) is 0 Å². The summed E-state index contributed by atoms with van der Waals surface area (Å²) in [5.74, 6) is -0.229. The van der Waals surface area contributed by atoms with Crippen LogP contribution in [0.3, 0.4) is 0 Å². The van der Waals surface area contributed by atoms with Crippen molar-refractivity contribution in [1.29, 1.82) is 0 Å². The lowest BCUT2D eigenvalue weighted by atomic mass is 10.7. The maximum absolute atomic E-state index is 10.3. The van der Waals surface area contributed by atoms with Gasteiger partial charge in [0, 0.05) is 21.1 Å². The molecule has 8 nitrogen and oxygen atoms in total. The molecule has 0 N–H and O–H groups in total. The Hall–Kier alpha value is -1.65. The molecule has 0 spiro atoms. The molecule has 0 atom stereocenters. The number of nitro groups is 1. The smallest absolute Gasteiger partial charge is 0.390 e. The minimum atomic E-state index is -0.677. The highest BCUT2D eigenvalue weighted by Gasteiger charge is 2.15. The maximum atomic E-state index is 10.3. The first-order valence-electron chi connectivity index (χ1n) is 3.71. The second kappa shape index (κ2) is 3.84. The predicted octanol–water partition coefficient (Wildman–Crippen LogP) is 0.570. The van der Waals surface area contributed by atoms with Gasteiger partial charge in [0.1, 0.15) is 0 Å². The van der Waals surface area contributed by atoms with Crippen LogP contribution in [0.15, 0.2) is 18.7 Å². The van der Waals surface area contributed by atoms with Crippen LogP contribution in [0.5, 0.6) is 0 Å². The second-order valence-corrected chi connectivity index (χ2v) is 3.69. The normalized spacial score (nSPS) is 10.2. The van der Waals surface area contributed by atoms with E-state index in [0.717, 1.165) is 8.25 Å². The standard InChI is InChI=1S/C6H3IN6O2/c7-4-1-8-5(9-2-4)12-3-10-6(11-12)13(14)15/h1-3H. The monoisotopic (exact) mass is 318 g/mol. The Morgan fingerprint density at radius 1 is 1.33 bits per heavy atom. The molecule has 15 heavy (non-hydrogen) atoms. The zero-order valence-corrected chi connectivity index (χ0v) is 9.27. The molecule has 2 heterocycles. The lowest BCUT2D eigenvalue weighted by Crippen LogP contribution is -2.02. The van der Waals surface area contributed by atoms with Crippen molar-refractivity contribution in [2.24, 2.45) is 0 Å². The van der Waals surface area contributed by atoms with E-state index in [4.69, 9.17) is 0 Å². The fourth-order valence-corrected chi connectivity index (χ4v) is 1.14. The highest BCUT2D eigenvalue weighted by atomic mass is 127. The fraction of sp³-hybridized carbons (Fsp3) is 0. The van der Waals surface area contributed by atoms with Crippen molar-refractivity contribution >= 4 is 28.5 Å². The topological polar surface area (TPSA) is 99.6 Å². The van der Waals surface area contributed by atoms with Crippen LogP contribution in [0.2, 0.25) is 0 Å². The average molecular weight is 318 g/mol. The van der Waals surface area contributed by atoms with Gasteiger partial charge in [-0.15, -0.1) is 4.68 Å². The van der Waals surface area contributed by atoms with Gasteiger partial charge in [-0.2, -0.15) is 0 Å². The number of hydrogen-bond donors (Lipinski definition) is 0. The van der Waals surface area contributed by atoms with Crippen LogP contribution < -0.4 is 0 Å². The van der Waals surface area contributed by atoms with Crippen molar-refractivity contribution in [3.8, 4) is 5.95 Å². The van der Waals surface area contributed by atoms with Gasteiger partial charge >= 0.3 is 5.95 Å². The van der Waals surface area contributed by atoms with Gasteiger partial charge in [-0.05, 0) is 27.5 Å². The third-order valence-corrected chi connectivity index (χ3v) is 2.01. The molecule has 0 bridgehead atoms. The molecule has 0 amide bonds. The van der Waals surface area contributed by atoms with E-state index >= 15 is 0 Å². The van der Waals surface area contributed by atoms with Crippen LogP contribution in [0.4, 0.5) is 5.95 Å². The van der Waals surface area contributed by atoms with E-state index < -0.39 is 10.9 Å². The first-order valence-corrected chi connectivity index (χ1v) is 4.78. The van der Waals surface area contributed by atoms with Crippen molar-refractivity contribution in [3.05, 3.63) is 32.4 Å². The van der Waals surface area contributed by atoms with Crippen molar-refractivity contribution < 1.29 is 4.92 Å². The van der Waals surface area contributed by atoms with Crippen LogP contribution >= 0.6 is 22.6 Å². The molecule has 2 aromatic rings. The predicted molar refractivity (Wildman–Crippen MR) is 56.3 cm³/mol. The van der Waals surface area contributed by atoms with Gasteiger partial charge in [-0.25, -0.2) is 9.97 Å². The fourth-order valence-electron chi connectivity index (χ4n) is 0.858. The zero-order chi connectivity index (χ0) is 10.8. The molecule has 9 heteroatoms. The summed E-state index contributed by atoms with van der Waals surface area (Å²) in [6, 6.07) is 0. The third-order valence-electron chi connectivity index (χ3n) is 1.45. The van der Waals surface area contributed by atoms with Gasteiger partial charge in [0.2, 0.25) is 6.33 Å². The summed E-state index contributed by atoms with van der Waals surface area (Å²) in [7, 11) is 0. The number of halogens is 1. The molecule has 0 unspecified atom stereocenters. The first-order chi connectivity index (χ1) is 7.16. The molecule has 76 valence electrons. The van der Waals surface area contributed by atoms with E-state index in [1.54, 1.807) is 12.4 Å². The van der Waals surface area contributed by atoms with Crippen LogP contribution in [-0.2, 0) is 0 Å². The van der Waals surface area contributed by atoms with Crippen LogP contribution in [0, 0.1) is 13.7 Å². The molecule has 2 aromatic heterocycles. The van der Waals surface area contributed by atoms with Crippen LogP contribution in [-0.4, -0.2) is 29.7 Å². The van der Waals surface area contributed by atoms with Gasteiger partial charge in [-0.3, -0.25) is 0 Å². The van der Waals surface area contributed by atoms with Gasteiger partial charge in [0.05, 0.1) is 0 Å². The molecule has 0 aliphatic carbocycles. The van der Waals surface area contributed by atoms with Crippen molar-refractivity contribution in [1.82, 2.24) is 24.7 Å². The number of aromatic nitrogens is 5. The van der Waals surface area contributed by atoms with Crippen molar-refractivity contribution in [3.63, 3.8) is 0 Å². The summed E-state index contributed by atoms with van der Waals surface area (Å²) < 4.78 is 2.01. The van der Waals surface area contributed by atoms with Gasteiger partial charge in [0.25, 0.3) is 5.95 Å². The third kappa shape index (κ3) is 2.06. The van der Waals surface area contributed by atoms with E-state index in [9.17, 15) is 10.1 Å². The highest BCUT2D eigenvalue weighted by Crippen LogP contribution is 2.05. The highest BCUT2D eigenvalue weighted by molar-refractivity contribution is 14.1. The van der Waals surface area contributed by atoms with Gasteiger partial charge in [0.15, 0.2) is 0 Å². The van der Waals surface area contributed by atoms with Crippen LogP contribution in [0.1, 0.15) is 0 Å². The largest absolute Gasteiger partial charge is 0.491 e. The number of rotatable bonds is 2. The lowest BCUT2D eigenvalue weighted by Gasteiger charge is -1.92. The summed E-state index contributed by atoms with van der Waals surface area (Å²) in [6.07, 6.45) is 4.35. The minimum absolute atomic E-state index is 0.246. The Kier molecular flexibility index (Phi) is 2.53. The molecule has 0 fully saturated rings. The Balaban J connectivity index is 2.37. The summed E-state index contributed by atoms with van der Waals surface area (Å²) in [6.45, 7) is 0. The summed E-state index contributed by atoms with van der Waals surface area (Å²) in [4.78, 5) is 21.0. The van der Waals surface area contributed by atoms with E-state index in [1.165, 1.54) is 6.33 Å². The van der Waals surface area contributed by atoms with E-state index in [0.29, 0.717) is 0 Å². The van der Waals surface area contributed by atoms with Crippen LogP contribution in [0.25, 0.3) is 5.95 Å². The molecular formula is C6H3IN6O2. The second-order valence-electron chi connectivity index (χ2n) is 2.45. The Labute approximate surface area is 96.7 Å². The SMILES string of the molecule is O=[N+]([O-])c1ncn(-c2ncc(I)cn2)n1. The number of nitrogens with zero attached hydrogens (tertiary/aromatic N) is 6. The zero-order valence-electron chi connectivity index (χ0n) is 7.11. The first kappa shape index (κ1) is 9.89. The molecule has 0 aromatic carbocycles. The Morgan fingerprint density at radius 2 is 2.00 bits per heavy atom. The van der Waals surface area contributed by atoms with Gasteiger partial charge < -0.3 is 10.1 Å². The maximum Gasteiger partial charge on any atom is 0.491 e. The van der Waals surface area contributed by atoms with E-state index in [1.807, 2.05) is 0 Å². The average Bonchev–Trinajstić information content (AvgIpc) is 2.68. The lowest BCUT2D eigenvalue weighted by molar-refractivity contribution is -0.394. The van der Waals surface area contributed by atoms with E-state index in [-0.39, 0.29) is 5.95 Å². The molecule has 0 aliphatic heterocycles. The summed E-state index contributed by atoms with van der Waals surface area (Å²) in [5, 5.41) is 13.9. The Morgan fingerprint density at radius 3 is 2.53 bits per heavy atom. The van der Waals surface area contributed by atoms with E-state index in [2.05, 4.69) is 42.6 Å². The minimum Gasteiger partial charge on any atom is -0.390 e. The molecule has 0 aliphatic rings. The summed E-state index contributed by atoms with van der Waals surface area (Å²) >= 11 is 2.05.